The molecule has 2 heterocycles. The molecule has 1 aromatic heterocycles. The van der Waals surface area contributed by atoms with Gasteiger partial charge in [-0.3, -0.25) is 0 Å². The minimum Gasteiger partial charge on any atom is -0.200 e. The Hall–Kier alpha value is -2.84. The average molecular weight is 421 g/mol. The van der Waals surface area contributed by atoms with Gasteiger partial charge in [-0.15, -0.1) is 0 Å². The molecular formula is C29H26NS+. The summed E-state index contributed by atoms with van der Waals surface area (Å²) in [6.45, 7) is 9.13. The van der Waals surface area contributed by atoms with Crippen LogP contribution >= 0.6 is 11.8 Å². The molecule has 0 radical (unpaired) electrons. The highest BCUT2D eigenvalue weighted by atomic mass is 32.2. The van der Waals surface area contributed by atoms with Crippen molar-refractivity contribution in [2.45, 2.75) is 43.4 Å². The highest BCUT2D eigenvalue weighted by molar-refractivity contribution is 8.00. The Morgan fingerprint density at radius 1 is 0.806 bits per heavy atom. The standard InChI is InChI=1S/C29H26NS/c1-16(2)19-10-11-20-15-25-27-23(24(20)14-19)12-13-30(5)28(27)26-17(3)21-8-6-7-9-22(21)18(4)29(26)31-25/h6-16H,1-5H3/q+1. The molecule has 0 N–H and O–H groups in total. The van der Waals surface area contributed by atoms with Crippen molar-refractivity contribution in [2.24, 2.45) is 7.05 Å². The van der Waals surface area contributed by atoms with Gasteiger partial charge < -0.3 is 0 Å². The third-order valence-electron chi connectivity index (χ3n) is 7.02. The lowest BCUT2D eigenvalue weighted by Gasteiger charge is -2.24. The number of hydrogen-bond acceptors (Lipinski definition) is 1. The van der Waals surface area contributed by atoms with Crippen molar-refractivity contribution in [3.8, 4) is 11.3 Å². The zero-order valence-electron chi connectivity index (χ0n) is 18.7. The van der Waals surface area contributed by atoms with Crippen LogP contribution in [0.2, 0.25) is 0 Å². The number of aryl methyl sites for hydroxylation is 3. The summed E-state index contributed by atoms with van der Waals surface area (Å²) in [5, 5.41) is 8.19. The predicted octanol–water partition coefficient (Wildman–Crippen LogP) is 7.84. The van der Waals surface area contributed by atoms with Crippen LogP contribution in [0, 0.1) is 13.8 Å². The van der Waals surface area contributed by atoms with E-state index in [9.17, 15) is 0 Å². The number of hydrogen-bond donors (Lipinski definition) is 0. The van der Waals surface area contributed by atoms with Crippen molar-refractivity contribution in [3.05, 3.63) is 77.5 Å². The van der Waals surface area contributed by atoms with Gasteiger partial charge in [-0.25, -0.2) is 4.57 Å². The number of fused-ring (bicyclic) bond motifs is 5. The van der Waals surface area contributed by atoms with E-state index in [0.717, 1.165) is 0 Å². The summed E-state index contributed by atoms with van der Waals surface area (Å²) in [5.74, 6) is 0.526. The second kappa shape index (κ2) is 6.58. The lowest BCUT2D eigenvalue weighted by molar-refractivity contribution is -0.659. The Labute approximate surface area is 187 Å². The summed E-state index contributed by atoms with van der Waals surface area (Å²) in [7, 11) is 2.19. The van der Waals surface area contributed by atoms with Crippen molar-refractivity contribution < 1.29 is 4.57 Å². The van der Waals surface area contributed by atoms with E-state index in [2.05, 4.69) is 100 Å². The summed E-state index contributed by atoms with van der Waals surface area (Å²) in [4.78, 5) is 2.78. The quantitative estimate of drug-likeness (QED) is 0.193. The van der Waals surface area contributed by atoms with Crippen molar-refractivity contribution in [1.82, 2.24) is 0 Å². The Morgan fingerprint density at radius 3 is 2.29 bits per heavy atom. The van der Waals surface area contributed by atoms with Crippen LogP contribution in [-0.4, -0.2) is 0 Å². The van der Waals surface area contributed by atoms with Crippen LogP contribution in [-0.2, 0) is 7.05 Å². The molecule has 31 heavy (non-hydrogen) atoms. The van der Waals surface area contributed by atoms with Crippen molar-refractivity contribution in [2.75, 3.05) is 0 Å². The first-order chi connectivity index (χ1) is 15.0. The summed E-state index contributed by atoms with van der Waals surface area (Å²) >= 11 is 1.95. The molecule has 0 amide bonds. The Bertz CT molecular complexity index is 1560. The first-order valence-corrected chi connectivity index (χ1v) is 11.9. The van der Waals surface area contributed by atoms with Crippen LogP contribution in [0.3, 0.4) is 0 Å². The first-order valence-electron chi connectivity index (χ1n) is 11.0. The fourth-order valence-corrected chi connectivity index (χ4v) is 6.61. The lowest BCUT2D eigenvalue weighted by atomic mass is 9.90. The highest BCUT2D eigenvalue weighted by Gasteiger charge is 2.31. The molecule has 0 unspecified atom stereocenters. The van der Waals surface area contributed by atoms with Gasteiger partial charge in [0.1, 0.15) is 7.05 Å². The van der Waals surface area contributed by atoms with E-state index in [-0.39, 0.29) is 0 Å². The van der Waals surface area contributed by atoms with E-state index >= 15 is 0 Å². The minimum atomic E-state index is 0.526. The summed E-state index contributed by atoms with van der Waals surface area (Å²) in [6.07, 6.45) is 2.24. The molecule has 0 fully saturated rings. The number of nitrogens with zero attached hydrogens (tertiary/aromatic N) is 1. The Morgan fingerprint density at radius 2 is 1.55 bits per heavy atom. The molecule has 2 heteroatoms. The largest absolute Gasteiger partial charge is 0.222 e. The Kier molecular flexibility index (Phi) is 4.01. The van der Waals surface area contributed by atoms with E-state index in [1.165, 1.54) is 70.1 Å². The molecule has 1 aliphatic rings. The minimum absolute atomic E-state index is 0.526. The normalized spacial score (nSPS) is 12.8. The monoisotopic (exact) mass is 420 g/mol. The molecular weight excluding hydrogens is 394 g/mol. The van der Waals surface area contributed by atoms with Gasteiger partial charge in [0.25, 0.3) is 0 Å². The van der Waals surface area contributed by atoms with Gasteiger partial charge in [0, 0.05) is 21.2 Å². The van der Waals surface area contributed by atoms with E-state index in [4.69, 9.17) is 0 Å². The topological polar surface area (TPSA) is 3.88 Å². The number of rotatable bonds is 1. The molecule has 0 spiro atoms. The molecule has 6 rings (SSSR count). The highest BCUT2D eigenvalue weighted by Crippen LogP contribution is 2.52. The maximum atomic E-state index is 2.41. The van der Waals surface area contributed by atoms with Gasteiger partial charge in [-0.05, 0) is 64.1 Å². The van der Waals surface area contributed by atoms with E-state index < -0.39 is 0 Å². The van der Waals surface area contributed by atoms with Crippen LogP contribution in [0.4, 0.5) is 0 Å². The first kappa shape index (κ1) is 18.9. The van der Waals surface area contributed by atoms with Crippen molar-refractivity contribution in [1.29, 1.82) is 0 Å². The van der Waals surface area contributed by atoms with Gasteiger partial charge in [-0.1, -0.05) is 68.1 Å². The van der Waals surface area contributed by atoms with E-state index in [1.807, 2.05) is 11.8 Å². The summed E-state index contributed by atoms with van der Waals surface area (Å²) in [5.41, 5.74) is 6.93. The van der Waals surface area contributed by atoms with Crippen LogP contribution in [0.5, 0.6) is 0 Å². The molecule has 0 aliphatic carbocycles. The molecule has 0 saturated heterocycles. The second-order valence-corrected chi connectivity index (χ2v) is 10.2. The van der Waals surface area contributed by atoms with E-state index in [1.54, 1.807) is 0 Å². The zero-order valence-corrected chi connectivity index (χ0v) is 19.5. The number of pyridine rings is 1. The van der Waals surface area contributed by atoms with Gasteiger partial charge >= 0.3 is 0 Å². The van der Waals surface area contributed by atoms with Crippen molar-refractivity contribution in [3.63, 3.8) is 0 Å². The van der Waals surface area contributed by atoms with E-state index in [0.29, 0.717) is 5.92 Å². The van der Waals surface area contributed by atoms with Gasteiger partial charge in [0.05, 0.1) is 10.9 Å². The van der Waals surface area contributed by atoms with Gasteiger partial charge in [0.2, 0.25) is 5.69 Å². The van der Waals surface area contributed by atoms with Crippen LogP contribution in [0.15, 0.2) is 70.6 Å². The van der Waals surface area contributed by atoms with Gasteiger partial charge in [0.15, 0.2) is 6.20 Å². The molecule has 0 bridgehead atoms. The molecule has 0 atom stereocenters. The molecule has 1 aliphatic heterocycles. The second-order valence-electron chi connectivity index (χ2n) is 9.18. The number of benzene rings is 4. The summed E-state index contributed by atoms with van der Waals surface area (Å²) in [6, 6.07) is 20.6. The fourth-order valence-electron chi connectivity index (χ4n) is 5.28. The number of aromatic nitrogens is 1. The zero-order chi connectivity index (χ0) is 21.4. The smallest absolute Gasteiger partial charge is 0.200 e. The third-order valence-corrected chi connectivity index (χ3v) is 8.27. The summed E-state index contributed by atoms with van der Waals surface area (Å²) < 4.78 is 2.32. The SMILES string of the molecule is Cc1c2c(c(C)c3ccccc13)-c1c3c(cc4ccc(C(C)C)cc4c3cc[n+]1C)S2. The predicted molar refractivity (Wildman–Crippen MR) is 133 cm³/mol. The molecule has 152 valence electrons. The molecule has 5 aromatic rings. The van der Waals surface area contributed by atoms with Crippen LogP contribution in [0.1, 0.15) is 36.5 Å². The average Bonchev–Trinajstić information content (AvgIpc) is 2.78. The van der Waals surface area contributed by atoms with Gasteiger partial charge in [-0.2, -0.15) is 0 Å². The lowest BCUT2D eigenvalue weighted by Crippen LogP contribution is -2.31. The molecule has 0 saturated carbocycles. The maximum absolute atomic E-state index is 2.41. The molecule has 1 nitrogen and oxygen atoms in total. The Balaban J connectivity index is 1.81. The van der Waals surface area contributed by atoms with Crippen LogP contribution in [0.25, 0.3) is 43.6 Å². The van der Waals surface area contributed by atoms with Crippen LogP contribution < -0.4 is 4.57 Å². The maximum Gasteiger partial charge on any atom is 0.222 e. The van der Waals surface area contributed by atoms with Crippen molar-refractivity contribution >= 4 is 44.1 Å². The molecule has 4 aromatic carbocycles. The fraction of sp³-hybridized carbons (Fsp3) is 0.207. The third kappa shape index (κ3) is 2.55.